The fourth-order valence-corrected chi connectivity index (χ4v) is 1.69. The van der Waals surface area contributed by atoms with E-state index in [9.17, 15) is 4.79 Å². The third-order valence-corrected chi connectivity index (χ3v) is 2.56. The monoisotopic (exact) mass is 234 g/mol. The summed E-state index contributed by atoms with van der Waals surface area (Å²) in [5, 5.41) is 9.49. The number of aromatic nitrogens is 2. The molecule has 2 N–H and O–H groups in total. The van der Waals surface area contributed by atoms with Gasteiger partial charge in [-0.15, -0.1) is 12.3 Å². The van der Waals surface area contributed by atoms with Crippen molar-refractivity contribution in [3.63, 3.8) is 0 Å². The minimum Gasteiger partial charge on any atom is -0.348 e. The van der Waals surface area contributed by atoms with E-state index in [0.717, 1.165) is 19.4 Å². The minimum atomic E-state index is -0.353. The molecule has 1 aromatic rings. The zero-order valence-electron chi connectivity index (χ0n) is 9.40. The van der Waals surface area contributed by atoms with Crippen molar-refractivity contribution < 1.29 is 9.32 Å². The highest BCUT2D eigenvalue weighted by molar-refractivity contribution is 5.90. The Bertz CT molecular complexity index is 429. The van der Waals surface area contributed by atoms with E-state index >= 15 is 0 Å². The highest BCUT2D eigenvalue weighted by Gasteiger charge is 2.23. The fourth-order valence-electron chi connectivity index (χ4n) is 1.69. The number of carbonyl (C=O) groups is 1. The Labute approximate surface area is 99.2 Å². The Morgan fingerprint density at radius 2 is 2.59 bits per heavy atom. The summed E-state index contributed by atoms with van der Waals surface area (Å²) in [6.07, 6.45) is 7.61. The number of hydrogen-bond donors (Lipinski definition) is 2. The van der Waals surface area contributed by atoms with E-state index < -0.39 is 0 Å². The van der Waals surface area contributed by atoms with Gasteiger partial charge in [0.1, 0.15) is 0 Å². The summed E-state index contributed by atoms with van der Waals surface area (Å²) in [5.41, 5.74) is 0. The van der Waals surface area contributed by atoms with Gasteiger partial charge in [0, 0.05) is 13.0 Å². The Kier molecular flexibility index (Phi) is 3.73. The van der Waals surface area contributed by atoms with Gasteiger partial charge >= 0.3 is 0 Å². The first-order valence-corrected chi connectivity index (χ1v) is 5.60. The molecule has 0 bridgehead atoms. The second-order valence-corrected chi connectivity index (χ2v) is 3.82. The first-order chi connectivity index (χ1) is 8.31. The molecule has 6 heteroatoms. The summed E-state index contributed by atoms with van der Waals surface area (Å²) in [6, 6.07) is 0.0785. The van der Waals surface area contributed by atoms with Gasteiger partial charge in [0.05, 0.1) is 6.04 Å². The third kappa shape index (κ3) is 2.82. The molecule has 1 unspecified atom stereocenters. The molecule has 2 heterocycles. The van der Waals surface area contributed by atoms with Gasteiger partial charge < -0.3 is 15.2 Å². The molecule has 0 spiro atoms. The van der Waals surface area contributed by atoms with E-state index in [4.69, 9.17) is 10.9 Å². The lowest BCUT2D eigenvalue weighted by Gasteiger charge is -2.01. The van der Waals surface area contributed by atoms with Crippen molar-refractivity contribution in [3.8, 4) is 12.3 Å². The first kappa shape index (κ1) is 11.6. The molecule has 1 fully saturated rings. The van der Waals surface area contributed by atoms with Crippen LogP contribution >= 0.6 is 0 Å². The van der Waals surface area contributed by atoms with Gasteiger partial charge in [0.25, 0.3) is 11.7 Å². The maximum absolute atomic E-state index is 11.6. The normalized spacial score (nSPS) is 18.9. The zero-order valence-corrected chi connectivity index (χ0v) is 9.40. The van der Waals surface area contributed by atoms with Crippen LogP contribution in [0, 0.1) is 12.3 Å². The molecule has 0 radical (unpaired) electrons. The van der Waals surface area contributed by atoms with Crippen molar-refractivity contribution >= 4 is 5.91 Å². The topological polar surface area (TPSA) is 80.0 Å². The largest absolute Gasteiger partial charge is 0.348 e. The molecule has 6 nitrogen and oxygen atoms in total. The SMILES string of the molecule is C#CCCNC(=O)c1noc(C2CCCN2)n1. The van der Waals surface area contributed by atoms with Gasteiger partial charge in [-0.1, -0.05) is 5.16 Å². The molecule has 90 valence electrons. The number of terminal acetylenes is 1. The highest BCUT2D eigenvalue weighted by Crippen LogP contribution is 2.20. The lowest BCUT2D eigenvalue weighted by atomic mass is 10.2. The third-order valence-electron chi connectivity index (χ3n) is 2.56. The Balaban J connectivity index is 1.93. The van der Waals surface area contributed by atoms with Crippen LogP contribution in [0.25, 0.3) is 0 Å². The molecule has 1 atom stereocenters. The molecule has 17 heavy (non-hydrogen) atoms. The lowest BCUT2D eigenvalue weighted by Crippen LogP contribution is -2.25. The molecule has 0 aromatic carbocycles. The highest BCUT2D eigenvalue weighted by atomic mass is 16.5. The van der Waals surface area contributed by atoms with Gasteiger partial charge in [-0.05, 0) is 19.4 Å². The van der Waals surface area contributed by atoms with Gasteiger partial charge in [0.2, 0.25) is 5.89 Å². The summed E-state index contributed by atoms with van der Waals surface area (Å²) in [4.78, 5) is 15.6. The predicted octanol–water partition coefficient (Wildman–Crippen LogP) is 0.247. The van der Waals surface area contributed by atoms with E-state index in [1.54, 1.807) is 0 Å². The fraction of sp³-hybridized carbons (Fsp3) is 0.545. The molecule has 2 rings (SSSR count). The molecule has 0 aliphatic carbocycles. The second-order valence-electron chi connectivity index (χ2n) is 3.82. The van der Waals surface area contributed by atoms with E-state index in [0.29, 0.717) is 18.9 Å². The number of rotatable bonds is 4. The summed E-state index contributed by atoms with van der Waals surface area (Å²) in [7, 11) is 0. The lowest BCUT2D eigenvalue weighted by molar-refractivity contribution is 0.0941. The number of carbonyl (C=O) groups excluding carboxylic acids is 1. The summed E-state index contributed by atoms with van der Waals surface area (Å²) in [5.74, 6) is 2.62. The molecular weight excluding hydrogens is 220 g/mol. The summed E-state index contributed by atoms with van der Waals surface area (Å²) < 4.78 is 5.05. The molecule has 1 aromatic heterocycles. The van der Waals surface area contributed by atoms with Crippen LogP contribution in [0.4, 0.5) is 0 Å². The van der Waals surface area contributed by atoms with Crippen LogP contribution in [0.5, 0.6) is 0 Å². The van der Waals surface area contributed by atoms with E-state index in [2.05, 4.69) is 26.7 Å². The Hall–Kier alpha value is -1.87. The van der Waals surface area contributed by atoms with Crippen molar-refractivity contribution in [1.82, 2.24) is 20.8 Å². The Morgan fingerprint density at radius 1 is 1.71 bits per heavy atom. The predicted molar refractivity (Wildman–Crippen MR) is 60.1 cm³/mol. The van der Waals surface area contributed by atoms with Crippen molar-refractivity contribution in [2.45, 2.75) is 25.3 Å². The van der Waals surface area contributed by atoms with Crippen molar-refractivity contribution in [2.75, 3.05) is 13.1 Å². The average molecular weight is 234 g/mol. The van der Waals surface area contributed by atoms with E-state index in [-0.39, 0.29) is 17.8 Å². The first-order valence-electron chi connectivity index (χ1n) is 5.60. The average Bonchev–Trinajstić information content (AvgIpc) is 3.00. The number of nitrogens with zero attached hydrogens (tertiary/aromatic N) is 2. The van der Waals surface area contributed by atoms with Crippen LogP contribution in [0.1, 0.15) is 41.8 Å². The summed E-state index contributed by atoms with van der Waals surface area (Å²) >= 11 is 0. The smallest absolute Gasteiger partial charge is 0.292 e. The molecule has 1 aliphatic rings. The van der Waals surface area contributed by atoms with Crippen LogP contribution in [0.15, 0.2) is 4.52 Å². The minimum absolute atomic E-state index is 0.0609. The van der Waals surface area contributed by atoms with Crippen molar-refractivity contribution in [3.05, 3.63) is 11.7 Å². The van der Waals surface area contributed by atoms with Crippen LogP contribution in [0.2, 0.25) is 0 Å². The van der Waals surface area contributed by atoms with Crippen LogP contribution in [-0.2, 0) is 0 Å². The summed E-state index contributed by atoms with van der Waals surface area (Å²) in [6.45, 7) is 1.36. The van der Waals surface area contributed by atoms with Crippen molar-refractivity contribution in [2.24, 2.45) is 0 Å². The number of amides is 1. The molecular formula is C11H14N4O2. The van der Waals surface area contributed by atoms with Crippen LogP contribution in [0.3, 0.4) is 0 Å². The van der Waals surface area contributed by atoms with Gasteiger partial charge in [0.15, 0.2) is 0 Å². The van der Waals surface area contributed by atoms with E-state index in [1.807, 2.05) is 0 Å². The zero-order chi connectivity index (χ0) is 12.1. The van der Waals surface area contributed by atoms with Crippen LogP contribution in [-0.4, -0.2) is 29.1 Å². The van der Waals surface area contributed by atoms with Crippen molar-refractivity contribution in [1.29, 1.82) is 0 Å². The van der Waals surface area contributed by atoms with E-state index in [1.165, 1.54) is 0 Å². The second kappa shape index (κ2) is 5.46. The van der Waals surface area contributed by atoms with Gasteiger partial charge in [-0.25, -0.2) is 0 Å². The van der Waals surface area contributed by atoms with Crippen LogP contribution < -0.4 is 10.6 Å². The quantitative estimate of drug-likeness (QED) is 0.576. The molecule has 0 saturated carbocycles. The maximum atomic E-state index is 11.6. The molecule has 1 aliphatic heterocycles. The Morgan fingerprint density at radius 3 is 3.29 bits per heavy atom. The standard InChI is InChI=1S/C11H14N4O2/c1-2-3-6-13-10(16)9-14-11(17-15-9)8-5-4-7-12-8/h1,8,12H,3-7H2,(H,13,16). The molecule has 1 amide bonds. The maximum Gasteiger partial charge on any atom is 0.292 e. The molecule has 1 saturated heterocycles. The van der Waals surface area contributed by atoms with Gasteiger partial charge in [-0.3, -0.25) is 4.79 Å². The van der Waals surface area contributed by atoms with Gasteiger partial charge in [-0.2, -0.15) is 4.98 Å². The number of nitrogens with one attached hydrogen (secondary N) is 2. The number of hydrogen-bond acceptors (Lipinski definition) is 5.